The number of hydrogen-bond donors (Lipinski definition) is 0. The number of carbonyl (C=O) groups excluding carboxylic acids is 2. The minimum Gasteiger partial charge on any atom is -0.494 e. The Bertz CT molecular complexity index is 1380. The number of benzene rings is 3. The number of nitro groups is 1. The maximum atomic E-state index is 12.7. The van der Waals surface area contributed by atoms with E-state index >= 15 is 0 Å². The van der Waals surface area contributed by atoms with Crippen molar-refractivity contribution in [3.63, 3.8) is 0 Å². The summed E-state index contributed by atoms with van der Waals surface area (Å²) in [5.74, 6) is 0.0314. The van der Waals surface area contributed by atoms with Crippen molar-refractivity contribution in [3.8, 4) is 17.2 Å². The Morgan fingerprint density at radius 2 is 1.33 bits per heavy atom. The van der Waals surface area contributed by atoms with Crippen LogP contribution in [0.1, 0.15) is 73.9 Å². The standard InChI is InChI=1S/C34H37NO7/c1-3-5-6-7-8-24-41-30-18-9-26(10-19-30)13-20-32(36)28-15-21-33(31(25-28)35(38)39)42-34(37)22-14-27-11-16-29(17-12-27)40-23-4-2/h9-22,25H,3-8,23-24H2,1-2H3/b20-13+,22-14+. The van der Waals surface area contributed by atoms with Crippen LogP contribution >= 0.6 is 0 Å². The lowest BCUT2D eigenvalue weighted by atomic mass is 10.1. The summed E-state index contributed by atoms with van der Waals surface area (Å²) in [5, 5.41) is 11.7. The van der Waals surface area contributed by atoms with E-state index in [0.717, 1.165) is 48.0 Å². The van der Waals surface area contributed by atoms with Gasteiger partial charge in [0.25, 0.3) is 0 Å². The predicted molar refractivity (Wildman–Crippen MR) is 164 cm³/mol. The smallest absolute Gasteiger partial charge is 0.336 e. The first kappa shape index (κ1) is 31.8. The van der Waals surface area contributed by atoms with Crippen molar-refractivity contribution < 1.29 is 28.7 Å². The molecular weight excluding hydrogens is 534 g/mol. The highest BCUT2D eigenvalue weighted by molar-refractivity contribution is 6.07. The van der Waals surface area contributed by atoms with Gasteiger partial charge in [0, 0.05) is 17.7 Å². The maximum Gasteiger partial charge on any atom is 0.336 e. The van der Waals surface area contributed by atoms with E-state index < -0.39 is 22.4 Å². The molecule has 8 nitrogen and oxygen atoms in total. The predicted octanol–water partition coefficient (Wildman–Crippen LogP) is 8.25. The lowest BCUT2D eigenvalue weighted by Gasteiger charge is -2.06. The van der Waals surface area contributed by atoms with Crippen LogP contribution in [0.25, 0.3) is 12.2 Å². The molecule has 0 N–H and O–H groups in total. The molecule has 0 saturated carbocycles. The number of rotatable bonds is 17. The van der Waals surface area contributed by atoms with Crippen LogP contribution in [0, 0.1) is 10.1 Å². The van der Waals surface area contributed by atoms with Crippen LogP contribution in [0.5, 0.6) is 17.2 Å². The highest BCUT2D eigenvalue weighted by Crippen LogP contribution is 2.29. The van der Waals surface area contributed by atoms with E-state index in [-0.39, 0.29) is 11.3 Å². The van der Waals surface area contributed by atoms with E-state index in [0.29, 0.717) is 13.2 Å². The SMILES string of the molecule is CCCCCCCOc1ccc(/C=C/C(=O)c2ccc(OC(=O)/C=C/c3ccc(OCCC)cc3)c([N+](=O)[O-])c2)cc1. The zero-order valence-electron chi connectivity index (χ0n) is 24.1. The molecule has 0 heterocycles. The molecule has 0 aliphatic carbocycles. The van der Waals surface area contributed by atoms with Crippen molar-refractivity contribution >= 4 is 29.6 Å². The van der Waals surface area contributed by atoms with Crippen LogP contribution in [0.2, 0.25) is 0 Å². The van der Waals surface area contributed by atoms with E-state index in [4.69, 9.17) is 14.2 Å². The normalized spacial score (nSPS) is 11.1. The highest BCUT2D eigenvalue weighted by Gasteiger charge is 2.20. The van der Waals surface area contributed by atoms with E-state index in [1.165, 1.54) is 49.6 Å². The van der Waals surface area contributed by atoms with Crippen molar-refractivity contribution in [1.29, 1.82) is 0 Å². The number of unbranched alkanes of at least 4 members (excludes halogenated alkanes) is 4. The van der Waals surface area contributed by atoms with Gasteiger partial charge in [0.15, 0.2) is 5.78 Å². The fraction of sp³-hybridized carbons (Fsp3) is 0.294. The van der Waals surface area contributed by atoms with Gasteiger partial charge in [-0.25, -0.2) is 4.79 Å². The Labute approximate surface area is 246 Å². The van der Waals surface area contributed by atoms with E-state index in [1.807, 2.05) is 31.2 Å². The Kier molecular flexibility index (Phi) is 13.0. The third-order valence-electron chi connectivity index (χ3n) is 6.24. The molecule has 42 heavy (non-hydrogen) atoms. The molecule has 0 fully saturated rings. The summed E-state index contributed by atoms with van der Waals surface area (Å²) in [5.41, 5.74) is 1.14. The molecule has 220 valence electrons. The number of nitro benzene ring substituents is 1. The van der Waals surface area contributed by atoms with Crippen molar-refractivity contribution in [2.24, 2.45) is 0 Å². The third kappa shape index (κ3) is 10.7. The van der Waals surface area contributed by atoms with Gasteiger partial charge in [-0.2, -0.15) is 0 Å². The van der Waals surface area contributed by atoms with Crippen LogP contribution in [0.4, 0.5) is 5.69 Å². The van der Waals surface area contributed by atoms with E-state index in [9.17, 15) is 19.7 Å². The largest absolute Gasteiger partial charge is 0.494 e. The zero-order valence-corrected chi connectivity index (χ0v) is 24.1. The molecule has 0 aromatic heterocycles. The summed E-state index contributed by atoms with van der Waals surface area (Å²) >= 11 is 0. The molecule has 3 aromatic rings. The Morgan fingerprint density at radius 1 is 0.738 bits per heavy atom. The summed E-state index contributed by atoms with van der Waals surface area (Å²) in [4.78, 5) is 36.0. The number of ketones is 1. The second-order valence-corrected chi connectivity index (χ2v) is 9.64. The van der Waals surface area contributed by atoms with Crippen molar-refractivity contribution in [2.45, 2.75) is 52.4 Å². The van der Waals surface area contributed by atoms with E-state index in [1.54, 1.807) is 30.3 Å². The van der Waals surface area contributed by atoms with Crippen LogP contribution in [-0.2, 0) is 4.79 Å². The molecule has 8 heteroatoms. The summed E-state index contributed by atoms with van der Waals surface area (Å²) in [6.07, 6.45) is 12.4. The maximum absolute atomic E-state index is 12.7. The molecule has 0 saturated heterocycles. The molecule has 0 atom stereocenters. The number of allylic oxidation sites excluding steroid dienone is 1. The first-order valence-electron chi connectivity index (χ1n) is 14.3. The van der Waals surface area contributed by atoms with Gasteiger partial charge in [-0.15, -0.1) is 0 Å². The lowest BCUT2D eigenvalue weighted by molar-refractivity contribution is -0.385. The van der Waals surface area contributed by atoms with Gasteiger partial charge in [0.1, 0.15) is 11.5 Å². The average Bonchev–Trinajstić information content (AvgIpc) is 3.00. The molecule has 0 bridgehead atoms. The van der Waals surface area contributed by atoms with E-state index in [2.05, 4.69) is 6.92 Å². The molecule has 3 rings (SSSR count). The van der Waals surface area contributed by atoms with Crippen molar-refractivity contribution in [2.75, 3.05) is 13.2 Å². The summed E-state index contributed by atoms with van der Waals surface area (Å²) in [6, 6.07) is 18.2. The molecule has 0 aliphatic rings. The monoisotopic (exact) mass is 571 g/mol. The van der Waals surface area contributed by atoms with Crippen LogP contribution in [-0.4, -0.2) is 29.9 Å². The number of carbonyl (C=O) groups is 2. The lowest BCUT2D eigenvalue weighted by Crippen LogP contribution is -2.07. The first-order chi connectivity index (χ1) is 20.4. The summed E-state index contributed by atoms with van der Waals surface area (Å²) in [7, 11) is 0. The Balaban J connectivity index is 1.57. The number of esters is 1. The van der Waals surface area contributed by atoms with Gasteiger partial charge in [-0.3, -0.25) is 14.9 Å². The van der Waals surface area contributed by atoms with Crippen molar-refractivity contribution in [3.05, 3.63) is 106 Å². The van der Waals surface area contributed by atoms with Crippen LogP contribution < -0.4 is 14.2 Å². The second-order valence-electron chi connectivity index (χ2n) is 9.64. The van der Waals surface area contributed by atoms with Gasteiger partial charge in [0.2, 0.25) is 5.75 Å². The molecule has 0 spiro atoms. The number of nitrogens with zero attached hydrogens (tertiary/aromatic N) is 1. The summed E-state index contributed by atoms with van der Waals surface area (Å²) in [6.45, 7) is 5.49. The topological polar surface area (TPSA) is 105 Å². The molecule has 0 aliphatic heterocycles. The van der Waals surface area contributed by atoms with Gasteiger partial charge in [-0.05, 0) is 72.5 Å². The number of ether oxygens (including phenoxy) is 3. The fourth-order valence-corrected chi connectivity index (χ4v) is 3.94. The molecular formula is C34H37NO7. The zero-order chi connectivity index (χ0) is 30.2. The van der Waals surface area contributed by atoms with Crippen LogP contribution in [0.15, 0.2) is 78.9 Å². The Morgan fingerprint density at radius 3 is 1.93 bits per heavy atom. The van der Waals surface area contributed by atoms with Crippen LogP contribution in [0.3, 0.4) is 0 Å². The van der Waals surface area contributed by atoms with Gasteiger partial charge in [0.05, 0.1) is 18.1 Å². The van der Waals surface area contributed by atoms with Gasteiger partial charge in [-0.1, -0.05) is 69.9 Å². The minimum atomic E-state index is -0.785. The van der Waals surface area contributed by atoms with Crippen molar-refractivity contribution in [1.82, 2.24) is 0 Å². The minimum absolute atomic E-state index is 0.0988. The average molecular weight is 572 g/mol. The van der Waals surface area contributed by atoms with Gasteiger partial charge < -0.3 is 14.2 Å². The summed E-state index contributed by atoms with van der Waals surface area (Å²) < 4.78 is 16.5. The fourth-order valence-electron chi connectivity index (χ4n) is 3.94. The number of hydrogen-bond acceptors (Lipinski definition) is 7. The first-order valence-corrected chi connectivity index (χ1v) is 14.3. The molecule has 3 aromatic carbocycles. The molecule has 0 radical (unpaired) electrons. The third-order valence-corrected chi connectivity index (χ3v) is 6.24. The quantitative estimate of drug-likeness (QED) is 0.0305. The molecule has 0 unspecified atom stereocenters. The Hall–Kier alpha value is -4.72. The van der Waals surface area contributed by atoms with Gasteiger partial charge >= 0.3 is 11.7 Å². The highest BCUT2D eigenvalue weighted by atomic mass is 16.6. The molecule has 0 amide bonds. The second kappa shape index (κ2) is 17.2.